The van der Waals surface area contributed by atoms with Crippen LogP contribution in [0.15, 0.2) is 24.3 Å². The number of hydrogen-bond donors (Lipinski definition) is 2. The normalized spacial score (nSPS) is 22.8. The molecule has 2 heterocycles. The number of benzene rings is 1. The van der Waals surface area contributed by atoms with Crippen molar-refractivity contribution >= 4 is 40.8 Å². The smallest absolute Gasteiger partial charge is 0.545 e. The van der Waals surface area contributed by atoms with Crippen molar-refractivity contribution in [1.82, 2.24) is 10.3 Å². The second-order valence-electron chi connectivity index (χ2n) is 6.82. The number of carboxylic acids is 1. The maximum Gasteiger partial charge on any atom is 1.00 e. The fraction of sp³-hybridized carbons (Fsp3) is 0.333. The number of rotatable bonds is 4. The van der Waals surface area contributed by atoms with Gasteiger partial charge in [-0.25, -0.2) is 0 Å². The Hall–Kier alpha value is -1.58. The van der Waals surface area contributed by atoms with Crippen LogP contribution < -0.4 is 34.2 Å². The molecule has 0 bridgehead atoms. The van der Waals surface area contributed by atoms with Crippen molar-refractivity contribution in [3.05, 3.63) is 51.3 Å². The summed E-state index contributed by atoms with van der Waals surface area (Å²) in [6.45, 7) is 3.30. The summed E-state index contributed by atoms with van der Waals surface area (Å²) >= 11 is 12.1. The Kier molecular flexibility index (Phi) is 5.56. The third-order valence-corrected chi connectivity index (χ3v) is 6.17. The zero-order chi connectivity index (χ0) is 18.6. The molecule has 27 heavy (non-hydrogen) atoms. The number of piperidine rings is 1. The molecule has 1 aromatic heterocycles. The molecule has 1 saturated heterocycles. The van der Waals surface area contributed by atoms with E-state index in [0.29, 0.717) is 22.6 Å². The van der Waals surface area contributed by atoms with Gasteiger partial charge in [-0.1, -0.05) is 35.3 Å². The number of aromatic nitrogens is 1. The number of carbonyl (C=O) groups is 2. The summed E-state index contributed by atoms with van der Waals surface area (Å²) in [6, 6.07) is 6.84. The molecule has 2 fully saturated rings. The first kappa shape index (κ1) is 20.2. The van der Waals surface area contributed by atoms with Crippen molar-refractivity contribution < 1.29 is 33.6 Å². The number of H-pyrrole nitrogens is 1. The monoisotopic (exact) mass is 399 g/mol. The molecule has 1 aromatic carbocycles. The van der Waals surface area contributed by atoms with Gasteiger partial charge in [0.2, 0.25) is 0 Å². The Morgan fingerprint density at radius 1 is 1.22 bits per heavy atom. The zero-order valence-corrected chi connectivity index (χ0v) is 16.4. The van der Waals surface area contributed by atoms with E-state index in [1.807, 2.05) is 6.07 Å². The average Bonchev–Trinajstić information content (AvgIpc) is 2.95. The second kappa shape index (κ2) is 7.44. The Balaban J connectivity index is 0.00000210. The summed E-state index contributed by atoms with van der Waals surface area (Å²) in [7, 11) is 0. The summed E-state index contributed by atoms with van der Waals surface area (Å²) < 4.78 is 0. The van der Waals surface area contributed by atoms with E-state index in [1.165, 1.54) is 6.07 Å². The zero-order valence-electron chi connectivity index (χ0n) is 14.9. The third-order valence-electron chi connectivity index (χ3n) is 5.22. The minimum Gasteiger partial charge on any atom is -0.545 e. The van der Waals surface area contributed by atoms with Gasteiger partial charge >= 0.3 is 18.9 Å². The third kappa shape index (κ3) is 3.60. The molecular formula is C18H16Cl2LiN3O3. The number of aromatic carboxylic acids is 1. The quantitative estimate of drug-likeness (QED) is 0.636. The average molecular weight is 400 g/mol. The summed E-state index contributed by atoms with van der Waals surface area (Å²) in [6.07, 6.45) is 0. The van der Waals surface area contributed by atoms with Gasteiger partial charge in [-0.05, 0) is 24.6 Å². The van der Waals surface area contributed by atoms with Gasteiger partial charge in [0.05, 0.1) is 16.0 Å². The van der Waals surface area contributed by atoms with Gasteiger partial charge < -0.3 is 25.1 Å². The fourth-order valence-electron chi connectivity index (χ4n) is 3.73. The van der Waals surface area contributed by atoms with E-state index in [1.54, 1.807) is 19.1 Å². The molecule has 136 valence electrons. The van der Waals surface area contributed by atoms with Gasteiger partial charge in [0.25, 0.3) is 5.91 Å². The molecule has 3 atom stereocenters. The Bertz CT molecular complexity index is 905. The van der Waals surface area contributed by atoms with E-state index < -0.39 is 5.97 Å². The van der Waals surface area contributed by atoms with Crippen LogP contribution in [-0.2, 0) is 0 Å². The van der Waals surface area contributed by atoms with Crippen LogP contribution in [0, 0.1) is 18.8 Å². The number of anilines is 1. The van der Waals surface area contributed by atoms with E-state index >= 15 is 0 Å². The summed E-state index contributed by atoms with van der Waals surface area (Å²) in [5, 5.41) is 14.6. The predicted molar refractivity (Wildman–Crippen MR) is 96.8 cm³/mol. The van der Waals surface area contributed by atoms with Crippen molar-refractivity contribution in [2.75, 3.05) is 18.0 Å². The molecule has 0 spiro atoms. The molecule has 1 aliphatic carbocycles. The van der Waals surface area contributed by atoms with Crippen LogP contribution in [0.5, 0.6) is 0 Å². The number of aromatic amines is 1. The van der Waals surface area contributed by atoms with Gasteiger partial charge in [0, 0.05) is 42.3 Å². The van der Waals surface area contributed by atoms with E-state index in [4.69, 9.17) is 23.2 Å². The van der Waals surface area contributed by atoms with Gasteiger partial charge in [-0.3, -0.25) is 4.79 Å². The number of nitrogens with one attached hydrogen (secondary N) is 2. The largest absolute Gasteiger partial charge is 1.00 e. The molecule has 1 aliphatic heterocycles. The molecule has 1 unspecified atom stereocenters. The van der Waals surface area contributed by atoms with E-state index in [-0.39, 0.29) is 47.1 Å². The number of carboxylic acid groups (broad SMARTS) is 1. The molecule has 6 nitrogen and oxygen atoms in total. The Labute approximate surface area is 178 Å². The molecule has 1 saturated carbocycles. The predicted octanol–water partition coefficient (Wildman–Crippen LogP) is -1.14. The SMILES string of the molecule is Cc1[nH]c(C(=O)NC2[C@H]3CN(c4cccc(C(=O)[O-])c4)C[C@@H]23)c(Cl)c1Cl.[Li+]. The van der Waals surface area contributed by atoms with Crippen LogP contribution in [0.3, 0.4) is 0 Å². The first-order valence-electron chi connectivity index (χ1n) is 8.27. The van der Waals surface area contributed by atoms with Crippen LogP contribution in [0.1, 0.15) is 26.5 Å². The van der Waals surface area contributed by atoms with Gasteiger partial charge in [-0.15, -0.1) is 0 Å². The molecule has 4 rings (SSSR count). The maximum atomic E-state index is 12.4. The minimum atomic E-state index is -1.18. The number of fused-ring (bicyclic) bond motifs is 1. The summed E-state index contributed by atoms with van der Waals surface area (Å²) in [5.74, 6) is -0.750. The van der Waals surface area contributed by atoms with Crippen LogP contribution >= 0.6 is 23.2 Å². The minimum absolute atomic E-state index is 0. The molecule has 2 aromatic rings. The van der Waals surface area contributed by atoms with Gasteiger partial charge in [0.15, 0.2) is 0 Å². The van der Waals surface area contributed by atoms with Crippen molar-refractivity contribution in [2.45, 2.75) is 13.0 Å². The number of hydrogen-bond acceptors (Lipinski definition) is 4. The molecule has 0 radical (unpaired) electrons. The van der Waals surface area contributed by atoms with Gasteiger partial charge in [-0.2, -0.15) is 0 Å². The summed E-state index contributed by atoms with van der Waals surface area (Å²) in [4.78, 5) is 28.5. The van der Waals surface area contributed by atoms with Crippen LogP contribution in [-0.4, -0.2) is 36.0 Å². The molecule has 2 N–H and O–H groups in total. The number of amides is 1. The number of halogens is 2. The van der Waals surface area contributed by atoms with Crippen molar-refractivity contribution in [1.29, 1.82) is 0 Å². The van der Waals surface area contributed by atoms with Gasteiger partial charge in [0.1, 0.15) is 5.69 Å². The van der Waals surface area contributed by atoms with Crippen molar-refractivity contribution in [3.8, 4) is 0 Å². The standard InChI is InChI=1S/C18H17Cl2N3O3.Li/c1-8-13(19)14(20)16(21-8)17(24)22-15-11-6-23(7-12(11)15)10-4-2-3-9(5-10)18(25)26;/h2-5,11-12,15,21H,6-7H2,1H3,(H,22,24)(H,25,26);/q;+1/p-1/t11-,12+,15?;. The van der Waals surface area contributed by atoms with Crippen LogP contribution in [0.4, 0.5) is 5.69 Å². The molecule has 9 heteroatoms. The van der Waals surface area contributed by atoms with Crippen LogP contribution in [0.2, 0.25) is 10.0 Å². The fourth-order valence-corrected chi connectivity index (χ4v) is 4.15. The molecular weight excluding hydrogens is 384 g/mol. The number of carbonyl (C=O) groups excluding carboxylic acids is 2. The topological polar surface area (TPSA) is 88.3 Å². The first-order chi connectivity index (χ1) is 12.4. The number of aryl methyl sites for hydroxylation is 1. The van der Waals surface area contributed by atoms with E-state index in [9.17, 15) is 14.7 Å². The van der Waals surface area contributed by atoms with Crippen molar-refractivity contribution in [2.24, 2.45) is 11.8 Å². The van der Waals surface area contributed by atoms with E-state index in [0.717, 1.165) is 18.8 Å². The Morgan fingerprint density at radius 3 is 2.44 bits per heavy atom. The maximum absolute atomic E-state index is 12.4. The summed E-state index contributed by atoms with van der Waals surface area (Å²) in [5.41, 5.74) is 1.98. The first-order valence-corrected chi connectivity index (χ1v) is 9.03. The number of nitrogens with zero attached hydrogens (tertiary/aromatic N) is 1. The van der Waals surface area contributed by atoms with E-state index in [2.05, 4.69) is 15.2 Å². The molecule has 2 aliphatic rings. The molecule has 1 amide bonds. The van der Waals surface area contributed by atoms with Crippen LogP contribution in [0.25, 0.3) is 0 Å². The second-order valence-corrected chi connectivity index (χ2v) is 7.58. The van der Waals surface area contributed by atoms with Crippen molar-refractivity contribution in [3.63, 3.8) is 0 Å². The Morgan fingerprint density at radius 2 is 1.89 bits per heavy atom.